The largest absolute Gasteiger partial charge is 0.484 e. The van der Waals surface area contributed by atoms with E-state index in [4.69, 9.17) is 9.84 Å². The van der Waals surface area contributed by atoms with Crippen molar-refractivity contribution in [1.82, 2.24) is 4.90 Å². The Morgan fingerprint density at radius 2 is 1.86 bits per heavy atom. The van der Waals surface area contributed by atoms with Crippen LogP contribution >= 0.6 is 0 Å². The zero-order chi connectivity index (χ0) is 15.8. The Hall–Kier alpha value is -2.04. The minimum absolute atomic E-state index is 0.0777. The molecule has 0 heterocycles. The Kier molecular flexibility index (Phi) is 6.72. The number of amides is 1. The van der Waals surface area contributed by atoms with Gasteiger partial charge in [0.15, 0.2) is 6.61 Å². The Morgan fingerprint density at radius 3 is 2.33 bits per heavy atom. The fourth-order valence-electron chi connectivity index (χ4n) is 1.87. The topological polar surface area (TPSA) is 66.8 Å². The molecule has 0 aliphatic rings. The Bertz CT molecular complexity index is 470. The fraction of sp³-hybridized carbons (Fsp3) is 0.500. The molecule has 1 aromatic carbocycles. The first-order chi connectivity index (χ1) is 9.97. The van der Waals surface area contributed by atoms with Crippen molar-refractivity contribution in [2.24, 2.45) is 5.92 Å². The van der Waals surface area contributed by atoms with Gasteiger partial charge in [0, 0.05) is 13.1 Å². The van der Waals surface area contributed by atoms with E-state index >= 15 is 0 Å². The lowest BCUT2D eigenvalue weighted by Crippen LogP contribution is -2.39. The number of hydrogen-bond acceptors (Lipinski definition) is 3. The Balaban J connectivity index is 2.51. The zero-order valence-electron chi connectivity index (χ0n) is 12.8. The predicted octanol–water partition coefficient (Wildman–Crippen LogP) is 2.20. The van der Waals surface area contributed by atoms with Crippen LogP contribution in [0.25, 0.3) is 0 Å². The van der Waals surface area contributed by atoms with Gasteiger partial charge in [-0.3, -0.25) is 9.59 Å². The van der Waals surface area contributed by atoms with Crippen LogP contribution < -0.4 is 4.74 Å². The molecule has 1 aromatic rings. The summed E-state index contributed by atoms with van der Waals surface area (Å²) in [6, 6.07) is 7.60. The summed E-state index contributed by atoms with van der Waals surface area (Å²) in [4.78, 5) is 24.4. The number of benzene rings is 1. The third-order valence-electron chi connectivity index (χ3n) is 3.34. The van der Waals surface area contributed by atoms with Crippen molar-refractivity contribution in [3.8, 4) is 5.75 Å². The number of carboxylic acid groups (broad SMARTS) is 1. The second-order valence-electron chi connectivity index (χ2n) is 4.96. The molecule has 0 radical (unpaired) electrons. The molecule has 0 aromatic heterocycles. The molecule has 116 valence electrons. The Morgan fingerprint density at radius 1 is 1.24 bits per heavy atom. The monoisotopic (exact) mass is 293 g/mol. The summed E-state index contributed by atoms with van der Waals surface area (Å²) in [6.07, 6.45) is 0.954. The molecule has 5 heteroatoms. The van der Waals surface area contributed by atoms with Gasteiger partial charge in [-0.05, 0) is 31.0 Å². The summed E-state index contributed by atoms with van der Waals surface area (Å²) < 4.78 is 5.45. The van der Waals surface area contributed by atoms with Crippen molar-refractivity contribution in [2.45, 2.75) is 27.2 Å². The molecule has 0 saturated heterocycles. The second kappa shape index (κ2) is 8.29. The number of nitrogens with zero attached hydrogens (tertiary/aromatic N) is 1. The van der Waals surface area contributed by atoms with Gasteiger partial charge in [0.25, 0.3) is 5.91 Å². The molecule has 1 N–H and O–H groups in total. The highest BCUT2D eigenvalue weighted by Crippen LogP contribution is 2.12. The fourth-order valence-corrected chi connectivity index (χ4v) is 1.87. The van der Waals surface area contributed by atoms with E-state index in [1.807, 2.05) is 31.2 Å². The van der Waals surface area contributed by atoms with Crippen LogP contribution in [0.15, 0.2) is 24.3 Å². The van der Waals surface area contributed by atoms with Crippen LogP contribution in [0.3, 0.4) is 0 Å². The van der Waals surface area contributed by atoms with Crippen molar-refractivity contribution in [1.29, 1.82) is 0 Å². The molecule has 21 heavy (non-hydrogen) atoms. The molecule has 1 atom stereocenters. The molecule has 0 aliphatic carbocycles. The van der Waals surface area contributed by atoms with Gasteiger partial charge in [0.2, 0.25) is 0 Å². The van der Waals surface area contributed by atoms with E-state index in [0.29, 0.717) is 12.3 Å². The molecule has 1 unspecified atom stereocenters. The summed E-state index contributed by atoms with van der Waals surface area (Å²) in [6.45, 7) is 6.07. The molecule has 1 rings (SSSR count). The minimum atomic E-state index is -0.905. The normalized spacial score (nSPS) is 11.8. The van der Waals surface area contributed by atoms with Crippen LogP contribution in [-0.2, 0) is 16.0 Å². The van der Waals surface area contributed by atoms with E-state index in [1.165, 1.54) is 10.5 Å². The summed E-state index contributed by atoms with van der Waals surface area (Å²) >= 11 is 0. The molecular formula is C16H23NO4. The minimum Gasteiger partial charge on any atom is -0.484 e. The smallest absolute Gasteiger partial charge is 0.308 e. The van der Waals surface area contributed by atoms with Crippen LogP contribution in [-0.4, -0.2) is 41.6 Å². The number of carboxylic acids is 1. The van der Waals surface area contributed by atoms with Crippen LogP contribution in [0.5, 0.6) is 5.75 Å². The third-order valence-corrected chi connectivity index (χ3v) is 3.34. The number of carbonyl (C=O) groups excluding carboxylic acids is 1. The number of aryl methyl sites for hydroxylation is 1. The van der Waals surface area contributed by atoms with Gasteiger partial charge in [-0.1, -0.05) is 26.0 Å². The standard InChI is InChI=1S/C16H23NO4/c1-4-13-6-8-14(9-7-13)21-11-15(18)17(5-2)10-12(3)16(19)20/h6-9,12H,4-5,10-11H2,1-3H3,(H,19,20). The molecule has 5 nitrogen and oxygen atoms in total. The molecule has 0 bridgehead atoms. The first-order valence-electron chi connectivity index (χ1n) is 7.20. The van der Waals surface area contributed by atoms with Gasteiger partial charge in [-0.15, -0.1) is 0 Å². The van der Waals surface area contributed by atoms with Crippen molar-refractivity contribution >= 4 is 11.9 Å². The second-order valence-corrected chi connectivity index (χ2v) is 4.96. The lowest BCUT2D eigenvalue weighted by atomic mass is 10.1. The quantitative estimate of drug-likeness (QED) is 0.798. The van der Waals surface area contributed by atoms with Crippen LogP contribution in [0.4, 0.5) is 0 Å². The number of likely N-dealkylation sites (N-methyl/N-ethyl adjacent to an activating group) is 1. The molecular weight excluding hydrogens is 270 g/mol. The summed E-state index contributed by atoms with van der Waals surface area (Å²) in [7, 11) is 0. The van der Waals surface area contributed by atoms with E-state index in [9.17, 15) is 9.59 Å². The van der Waals surface area contributed by atoms with E-state index in [0.717, 1.165) is 6.42 Å². The predicted molar refractivity (Wildman–Crippen MR) is 80.4 cm³/mol. The van der Waals surface area contributed by atoms with E-state index in [1.54, 1.807) is 6.92 Å². The zero-order valence-corrected chi connectivity index (χ0v) is 12.8. The van der Waals surface area contributed by atoms with Gasteiger partial charge in [0.05, 0.1) is 5.92 Å². The van der Waals surface area contributed by atoms with Crippen molar-refractivity contribution in [3.63, 3.8) is 0 Å². The highest BCUT2D eigenvalue weighted by molar-refractivity contribution is 5.78. The maximum atomic E-state index is 12.0. The van der Waals surface area contributed by atoms with Crippen molar-refractivity contribution < 1.29 is 19.4 Å². The summed E-state index contributed by atoms with van der Waals surface area (Å²) in [5.41, 5.74) is 1.21. The van der Waals surface area contributed by atoms with Gasteiger partial charge in [-0.2, -0.15) is 0 Å². The lowest BCUT2D eigenvalue weighted by molar-refractivity contribution is -0.143. The van der Waals surface area contributed by atoms with Crippen LogP contribution in [0, 0.1) is 5.92 Å². The first-order valence-corrected chi connectivity index (χ1v) is 7.20. The maximum absolute atomic E-state index is 12.0. The average Bonchev–Trinajstić information content (AvgIpc) is 2.50. The van der Waals surface area contributed by atoms with Crippen LogP contribution in [0.1, 0.15) is 26.3 Å². The van der Waals surface area contributed by atoms with Crippen molar-refractivity contribution in [2.75, 3.05) is 19.7 Å². The van der Waals surface area contributed by atoms with Crippen molar-refractivity contribution in [3.05, 3.63) is 29.8 Å². The molecule has 0 aliphatic heterocycles. The molecule has 0 saturated carbocycles. The van der Waals surface area contributed by atoms with Gasteiger partial charge in [-0.25, -0.2) is 0 Å². The first kappa shape index (κ1) is 17.0. The SMILES string of the molecule is CCc1ccc(OCC(=O)N(CC)CC(C)C(=O)O)cc1. The lowest BCUT2D eigenvalue weighted by Gasteiger charge is -2.22. The summed E-state index contributed by atoms with van der Waals surface area (Å²) in [5.74, 6) is -1.05. The number of ether oxygens (including phenoxy) is 1. The average molecular weight is 293 g/mol. The van der Waals surface area contributed by atoms with E-state index in [2.05, 4.69) is 6.92 Å². The maximum Gasteiger partial charge on any atom is 0.308 e. The number of hydrogen-bond donors (Lipinski definition) is 1. The highest BCUT2D eigenvalue weighted by atomic mass is 16.5. The van der Waals surface area contributed by atoms with Gasteiger partial charge < -0.3 is 14.7 Å². The molecule has 0 fully saturated rings. The van der Waals surface area contributed by atoms with E-state index < -0.39 is 11.9 Å². The Labute approximate surface area is 125 Å². The van der Waals surface area contributed by atoms with Gasteiger partial charge >= 0.3 is 5.97 Å². The van der Waals surface area contributed by atoms with E-state index in [-0.39, 0.29) is 19.1 Å². The number of rotatable bonds is 8. The molecule has 1 amide bonds. The number of aliphatic carboxylic acids is 1. The number of carbonyl (C=O) groups is 2. The summed E-state index contributed by atoms with van der Waals surface area (Å²) in [5, 5.41) is 8.90. The van der Waals surface area contributed by atoms with Crippen LogP contribution in [0.2, 0.25) is 0 Å². The third kappa shape index (κ3) is 5.45. The van der Waals surface area contributed by atoms with Gasteiger partial charge in [0.1, 0.15) is 5.75 Å². The molecule has 0 spiro atoms. The highest BCUT2D eigenvalue weighted by Gasteiger charge is 2.19.